The number of methoxy groups -OCH3 is 1. The lowest BCUT2D eigenvalue weighted by Crippen LogP contribution is -2.20. The average Bonchev–Trinajstić information content (AvgIpc) is 2.52. The maximum Gasteiger partial charge on any atom is 0.262 e. The molecule has 114 valence electrons. The molecule has 0 heterocycles. The number of carbonyl (C=O) groups is 2. The van der Waals surface area contributed by atoms with E-state index >= 15 is 0 Å². The Kier molecular flexibility index (Phi) is 5.14. The van der Waals surface area contributed by atoms with Gasteiger partial charge in [-0.25, -0.2) is 0 Å². The number of amides is 1. The molecule has 22 heavy (non-hydrogen) atoms. The Labute approximate surface area is 128 Å². The van der Waals surface area contributed by atoms with E-state index < -0.39 is 0 Å². The number of carbonyl (C=O) groups excluding carboxylic acids is 2. The third-order valence-electron chi connectivity index (χ3n) is 3.00. The standard InChI is InChI=1S/C17H17NO4/c1-12-4-3-5-14(8-12)18-17(20)11-22-16-7-6-15(21-2)9-13(16)10-19/h3-10H,11H2,1-2H3,(H,18,20). The largest absolute Gasteiger partial charge is 0.497 e. The normalized spacial score (nSPS) is 9.91. The van der Waals surface area contributed by atoms with Crippen molar-refractivity contribution in [3.8, 4) is 11.5 Å². The Morgan fingerprint density at radius 1 is 1.23 bits per heavy atom. The highest BCUT2D eigenvalue weighted by atomic mass is 16.5. The van der Waals surface area contributed by atoms with Gasteiger partial charge >= 0.3 is 0 Å². The van der Waals surface area contributed by atoms with Gasteiger partial charge in [-0.3, -0.25) is 9.59 Å². The van der Waals surface area contributed by atoms with E-state index in [0.29, 0.717) is 29.0 Å². The number of rotatable bonds is 6. The van der Waals surface area contributed by atoms with Crippen molar-refractivity contribution in [3.63, 3.8) is 0 Å². The zero-order valence-electron chi connectivity index (χ0n) is 12.5. The summed E-state index contributed by atoms with van der Waals surface area (Å²) in [5.41, 5.74) is 2.10. The van der Waals surface area contributed by atoms with Crippen LogP contribution < -0.4 is 14.8 Å². The summed E-state index contributed by atoms with van der Waals surface area (Å²) in [4.78, 5) is 22.9. The maximum atomic E-state index is 11.9. The van der Waals surface area contributed by atoms with Crippen LogP contribution in [-0.4, -0.2) is 25.9 Å². The third-order valence-corrected chi connectivity index (χ3v) is 3.00. The summed E-state index contributed by atoms with van der Waals surface area (Å²) in [5.74, 6) is 0.604. The van der Waals surface area contributed by atoms with Crippen molar-refractivity contribution in [2.75, 3.05) is 19.0 Å². The second kappa shape index (κ2) is 7.26. The minimum Gasteiger partial charge on any atom is -0.497 e. The number of anilines is 1. The van der Waals surface area contributed by atoms with Crippen LogP contribution in [0.1, 0.15) is 15.9 Å². The fraction of sp³-hybridized carbons (Fsp3) is 0.176. The van der Waals surface area contributed by atoms with Crippen LogP contribution >= 0.6 is 0 Å². The monoisotopic (exact) mass is 299 g/mol. The van der Waals surface area contributed by atoms with E-state index in [0.717, 1.165) is 5.56 Å². The van der Waals surface area contributed by atoms with Crippen molar-refractivity contribution >= 4 is 17.9 Å². The van der Waals surface area contributed by atoms with Gasteiger partial charge in [0.1, 0.15) is 11.5 Å². The van der Waals surface area contributed by atoms with Crippen LogP contribution in [0.3, 0.4) is 0 Å². The number of ether oxygens (including phenoxy) is 2. The third kappa shape index (κ3) is 4.09. The Bertz CT molecular complexity index is 682. The molecule has 2 aromatic rings. The van der Waals surface area contributed by atoms with Crippen LogP contribution in [0.15, 0.2) is 42.5 Å². The van der Waals surface area contributed by atoms with Gasteiger partial charge in [0.05, 0.1) is 12.7 Å². The first-order chi connectivity index (χ1) is 10.6. The maximum absolute atomic E-state index is 11.9. The molecule has 0 unspecified atom stereocenters. The van der Waals surface area contributed by atoms with Crippen LogP contribution in [0.5, 0.6) is 11.5 Å². The van der Waals surface area contributed by atoms with Gasteiger partial charge in [-0.2, -0.15) is 0 Å². The van der Waals surface area contributed by atoms with Crippen molar-refractivity contribution in [1.82, 2.24) is 0 Å². The molecule has 0 fully saturated rings. The van der Waals surface area contributed by atoms with E-state index in [2.05, 4.69) is 5.32 Å². The minimum absolute atomic E-state index is 0.179. The van der Waals surface area contributed by atoms with E-state index in [1.807, 2.05) is 25.1 Å². The Morgan fingerprint density at radius 2 is 2.05 bits per heavy atom. The van der Waals surface area contributed by atoms with Gasteiger partial charge in [-0.1, -0.05) is 12.1 Å². The second-order valence-corrected chi connectivity index (χ2v) is 4.73. The predicted octanol–water partition coefficient (Wildman–Crippen LogP) is 2.83. The van der Waals surface area contributed by atoms with Crippen molar-refractivity contribution < 1.29 is 19.1 Å². The van der Waals surface area contributed by atoms with E-state index in [-0.39, 0.29) is 12.5 Å². The summed E-state index contributed by atoms with van der Waals surface area (Å²) in [6.07, 6.45) is 0.663. The molecule has 2 aromatic carbocycles. The van der Waals surface area contributed by atoms with Gasteiger partial charge < -0.3 is 14.8 Å². The first-order valence-electron chi connectivity index (χ1n) is 6.75. The van der Waals surface area contributed by atoms with E-state index in [1.165, 1.54) is 7.11 Å². The minimum atomic E-state index is -0.293. The molecule has 0 aromatic heterocycles. The Morgan fingerprint density at radius 3 is 2.73 bits per heavy atom. The molecule has 0 bridgehead atoms. The summed E-state index contributed by atoms with van der Waals surface area (Å²) in [7, 11) is 1.51. The predicted molar refractivity (Wildman–Crippen MR) is 83.7 cm³/mol. The SMILES string of the molecule is COc1ccc(OCC(=O)Nc2cccc(C)c2)c(C=O)c1. The average molecular weight is 299 g/mol. The summed E-state index contributed by atoms with van der Waals surface area (Å²) in [5, 5.41) is 2.74. The van der Waals surface area contributed by atoms with Crippen LogP contribution in [0, 0.1) is 6.92 Å². The van der Waals surface area contributed by atoms with Crippen molar-refractivity contribution in [2.45, 2.75) is 6.92 Å². The smallest absolute Gasteiger partial charge is 0.262 e. The molecule has 0 atom stereocenters. The molecule has 0 aliphatic rings. The van der Waals surface area contributed by atoms with Crippen molar-refractivity contribution in [3.05, 3.63) is 53.6 Å². The molecular weight excluding hydrogens is 282 g/mol. The van der Waals surface area contributed by atoms with Crippen molar-refractivity contribution in [2.24, 2.45) is 0 Å². The first kappa shape index (κ1) is 15.6. The van der Waals surface area contributed by atoms with E-state index in [4.69, 9.17) is 9.47 Å². The molecule has 1 amide bonds. The summed E-state index contributed by atoms with van der Waals surface area (Å²) in [6.45, 7) is 1.76. The van der Waals surface area contributed by atoms with Crippen molar-refractivity contribution in [1.29, 1.82) is 0 Å². The molecular formula is C17H17NO4. The quantitative estimate of drug-likeness (QED) is 0.833. The number of hydrogen-bond acceptors (Lipinski definition) is 4. The molecule has 0 aliphatic carbocycles. The second-order valence-electron chi connectivity index (χ2n) is 4.73. The van der Waals surface area contributed by atoms with Crippen LogP contribution in [0.25, 0.3) is 0 Å². The molecule has 0 spiro atoms. The van der Waals surface area contributed by atoms with Gasteiger partial charge in [-0.05, 0) is 42.8 Å². The van der Waals surface area contributed by atoms with Gasteiger partial charge in [0.2, 0.25) is 0 Å². The lowest BCUT2D eigenvalue weighted by molar-refractivity contribution is -0.118. The van der Waals surface area contributed by atoms with Gasteiger partial charge in [0.25, 0.3) is 5.91 Å². The summed E-state index contributed by atoms with van der Waals surface area (Å²) >= 11 is 0. The lowest BCUT2D eigenvalue weighted by atomic mass is 10.2. The summed E-state index contributed by atoms with van der Waals surface area (Å²) in [6, 6.07) is 12.3. The molecule has 0 radical (unpaired) electrons. The molecule has 1 N–H and O–H groups in total. The fourth-order valence-corrected chi connectivity index (χ4v) is 1.94. The van der Waals surface area contributed by atoms with E-state index in [1.54, 1.807) is 24.3 Å². The molecule has 5 nitrogen and oxygen atoms in total. The molecule has 0 saturated heterocycles. The van der Waals surface area contributed by atoms with Crippen LogP contribution in [-0.2, 0) is 4.79 Å². The Hall–Kier alpha value is -2.82. The highest BCUT2D eigenvalue weighted by Gasteiger charge is 2.08. The molecule has 2 rings (SSSR count). The first-order valence-corrected chi connectivity index (χ1v) is 6.75. The molecule has 5 heteroatoms. The van der Waals surface area contributed by atoms with Crippen LogP contribution in [0.2, 0.25) is 0 Å². The van der Waals surface area contributed by atoms with Gasteiger partial charge in [0, 0.05) is 5.69 Å². The lowest BCUT2D eigenvalue weighted by Gasteiger charge is -2.10. The molecule has 0 saturated carbocycles. The number of hydrogen-bond donors (Lipinski definition) is 1. The zero-order chi connectivity index (χ0) is 15.9. The Balaban J connectivity index is 1.97. The van der Waals surface area contributed by atoms with Gasteiger partial charge in [0.15, 0.2) is 12.9 Å². The highest BCUT2D eigenvalue weighted by molar-refractivity contribution is 5.92. The van der Waals surface area contributed by atoms with E-state index in [9.17, 15) is 9.59 Å². The van der Waals surface area contributed by atoms with Crippen LogP contribution in [0.4, 0.5) is 5.69 Å². The fourth-order valence-electron chi connectivity index (χ4n) is 1.94. The number of nitrogens with one attached hydrogen (secondary N) is 1. The topological polar surface area (TPSA) is 64.6 Å². The zero-order valence-corrected chi connectivity index (χ0v) is 12.5. The molecule has 0 aliphatic heterocycles. The number of aldehydes is 1. The van der Waals surface area contributed by atoms with Gasteiger partial charge in [-0.15, -0.1) is 0 Å². The highest BCUT2D eigenvalue weighted by Crippen LogP contribution is 2.22. The number of benzene rings is 2. The number of aryl methyl sites for hydroxylation is 1. The summed E-state index contributed by atoms with van der Waals surface area (Å²) < 4.78 is 10.4.